The molecule has 1 N–H and O–H groups in total. The molecule has 0 unspecified atom stereocenters. The summed E-state index contributed by atoms with van der Waals surface area (Å²) >= 11 is 0. The Morgan fingerprint density at radius 2 is 1.79 bits per heavy atom. The third-order valence-corrected chi connectivity index (χ3v) is 4.48. The molecule has 0 bridgehead atoms. The first-order valence-electron chi connectivity index (χ1n) is 8.43. The van der Waals surface area contributed by atoms with E-state index in [1.165, 1.54) is 6.21 Å². The van der Waals surface area contributed by atoms with Gasteiger partial charge in [-0.2, -0.15) is 5.26 Å². The number of carbonyl (C=O) groups excluding carboxylic acids is 2. The first kappa shape index (κ1) is 17.2. The van der Waals surface area contributed by atoms with Gasteiger partial charge in [-0.3, -0.25) is 9.59 Å². The zero-order chi connectivity index (χ0) is 19.5. The number of H-pyrrole nitrogens is 1. The van der Waals surface area contributed by atoms with Gasteiger partial charge >= 0.3 is 6.47 Å². The molecule has 0 fully saturated rings. The van der Waals surface area contributed by atoms with Gasteiger partial charge in [-0.25, -0.2) is 0 Å². The van der Waals surface area contributed by atoms with Crippen molar-refractivity contribution in [3.63, 3.8) is 0 Å². The molecular weight excluding hydrogens is 354 g/mol. The summed E-state index contributed by atoms with van der Waals surface area (Å²) in [5.41, 5.74) is 3.77. The van der Waals surface area contributed by atoms with Crippen molar-refractivity contribution in [3.05, 3.63) is 82.9 Å². The molecule has 1 heterocycles. The predicted molar refractivity (Wildman–Crippen MR) is 105 cm³/mol. The van der Waals surface area contributed by atoms with E-state index in [4.69, 9.17) is 0 Å². The number of hydrogen-bond donors (Lipinski definition) is 1. The van der Waals surface area contributed by atoms with Gasteiger partial charge in [-0.15, -0.1) is 0 Å². The molecule has 0 atom stereocenters. The van der Waals surface area contributed by atoms with Crippen LogP contribution in [-0.4, -0.2) is 23.5 Å². The summed E-state index contributed by atoms with van der Waals surface area (Å²) in [7, 11) is 0. The number of nitrogens with zero attached hydrogens (tertiary/aromatic N) is 2. The van der Waals surface area contributed by atoms with Crippen molar-refractivity contribution < 1.29 is 14.4 Å². The molecule has 0 aliphatic carbocycles. The largest absolute Gasteiger partial charge is 0.355 e. The number of ketones is 1. The number of fused-ring (bicyclic) bond motifs is 3. The van der Waals surface area contributed by atoms with E-state index < -0.39 is 0 Å². The fraction of sp³-hybridized carbons (Fsp3) is 0. The molecule has 0 radical (unpaired) electrons. The van der Waals surface area contributed by atoms with Gasteiger partial charge in [0.15, 0.2) is 5.78 Å². The molecule has 134 valence electrons. The first-order valence-corrected chi connectivity index (χ1v) is 8.43. The number of aromatic nitrogens is 1. The molecule has 0 saturated carbocycles. The summed E-state index contributed by atoms with van der Waals surface area (Å²) in [6.45, 7) is 0.248. The Kier molecular flexibility index (Phi) is 4.40. The van der Waals surface area contributed by atoms with Crippen LogP contribution in [0.4, 0.5) is 0 Å². The Labute approximate surface area is 159 Å². The normalized spacial score (nSPS) is 11.0. The van der Waals surface area contributed by atoms with Gasteiger partial charge in [0.1, 0.15) is 0 Å². The number of aromatic amines is 1. The molecule has 28 heavy (non-hydrogen) atoms. The van der Waals surface area contributed by atoms with Crippen LogP contribution in [0, 0.1) is 11.3 Å². The van der Waals surface area contributed by atoms with Crippen molar-refractivity contribution in [2.75, 3.05) is 0 Å². The summed E-state index contributed by atoms with van der Waals surface area (Å²) in [5.74, 6) is -0.203. The predicted octanol–water partition coefficient (Wildman–Crippen LogP) is 3.93. The lowest BCUT2D eigenvalue weighted by Gasteiger charge is -2.04. The van der Waals surface area contributed by atoms with Gasteiger partial charge in [0.25, 0.3) is 0 Å². The zero-order valence-corrected chi connectivity index (χ0v) is 14.5. The Balaban J connectivity index is 1.82. The van der Waals surface area contributed by atoms with Crippen LogP contribution in [0.5, 0.6) is 0 Å². The molecule has 1 aromatic heterocycles. The number of nitriles is 1. The highest BCUT2D eigenvalue weighted by Crippen LogP contribution is 2.28. The van der Waals surface area contributed by atoms with Crippen LogP contribution in [0.2, 0.25) is 0 Å². The zero-order valence-electron chi connectivity index (χ0n) is 14.5. The summed E-state index contributed by atoms with van der Waals surface area (Å²) < 4.78 is 0. The highest BCUT2D eigenvalue weighted by atomic mass is 16.7. The van der Waals surface area contributed by atoms with Gasteiger partial charge in [0.2, 0.25) is 0 Å². The number of oxime groups is 1. The fourth-order valence-electron chi connectivity index (χ4n) is 3.19. The minimum atomic E-state index is -0.203. The molecule has 0 saturated heterocycles. The average molecular weight is 367 g/mol. The van der Waals surface area contributed by atoms with E-state index in [9.17, 15) is 14.9 Å². The monoisotopic (exact) mass is 367 g/mol. The SMILES string of the molecule is N#Cc1ccccc1C(=O)c1ccc2[nH]c3ccc(/C=N\OC=O)cc3c2c1. The van der Waals surface area contributed by atoms with Gasteiger partial charge in [-0.05, 0) is 48.0 Å². The maximum absolute atomic E-state index is 12.9. The lowest BCUT2D eigenvalue weighted by atomic mass is 9.97. The molecule has 0 aliphatic heterocycles. The molecule has 4 rings (SSSR count). The van der Waals surface area contributed by atoms with Crippen molar-refractivity contribution >= 4 is 40.3 Å². The summed E-state index contributed by atoms with van der Waals surface area (Å²) in [4.78, 5) is 30.8. The Morgan fingerprint density at radius 1 is 1.04 bits per heavy atom. The van der Waals surface area contributed by atoms with Crippen LogP contribution < -0.4 is 0 Å². The molecule has 3 aromatic carbocycles. The van der Waals surface area contributed by atoms with E-state index >= 15 is 0 Å². The molecule has 6 heteroatoms. The second-order valence-electron chi connectivity index (χ2n) is 6.11. The third kappa shape index (κ3) is 3.02. The lowest BCUT2D eigenvalue weighted by molar-refractivity contribution is -0.128. The highest BCUT2D eigenvalue weighted by Gasteiger charge is 2.15. The van der Waals surface area contributed by atoms with Crippen LogP contribution in [0.3, 0.4) is 0 Å². The third-order valence-electron chi connectivity index (χ3n) is 4.48. The van der Waals surface area contributed by atoms with E-state index in [1.54, 1.807) is 30.3 Å². The Bertz CT molecular complexity index is 1300. The maximum Gasteiger partial charge on any atom is 0.323 e. The van der Waals surface area contributed by atoms with E-state index in [-0.39, 0.29) is 12.3 Å². The van der Waals surface area contributed by atoms with E-state index in [2.05, 4.69) is 21.0 Å². The van der Waals surface area contributed by atoms with Gasteiger partial charge in [0, 0.05) is 32.9 Å². The van der Waals surface area contributed by atoms with Gasteiger partial charge in [-0.1, -0.05) is 23.4 Å². The average Bonchev–Trinajstić information content (AvgIpc) is 3.10. The Morgan fingerprint density at radius 3 is 2.57 bits per heavy atom. The second-order valence-corrected chi connectivity index (χ2v) is 6.11. The number of carbonyl (C=O) groups is 2. The molecule has 0 amide bonds. The smallest absolute Gasteiger partial charge is 0.323 e. The van der Waals surface area contributed by atoms with Crippen molar-refractivity contribution in [1.82, 2.24) is 4.98 Å². The molecule has 0 aliphatic rings. The number of nitrogens with one attached hydrogen (secondary N) is 1. The quantitative estimate of drug-likeness (QED) is 0.190. The van der Waals surface area contributed by atoms with E-state index in [0.717, 1.165) is 27.4 Å². The summed E-state index contributed by atoms with van der Waals surface area (Å²) in [5, 5.41) is 14.6. The fourth-order valence-corrected chi connectivity index (χ4v) is 3.19. The Hall–Kier alpha value is -4.24. The molecular formula is C22H13N3O3. The molecule has 4 aromatic rings. The first-order chi connectivity index (χ1) is 13.7. The minimum absolute atomic E-state index is 0.203. The molecule has 0 spiro atoms. The number of hydrogen-bond acceptors (Lipinski definition) is 5. The standard InChI is InChI=1S/C22H13N3O3/c23-11-16-3-1-2-4-17(16)22(27)15-6-8-21-19(10-15)18-9-14(12-24-28-13-26)5-7-20(18)25-21/h1-10,12-13,25H/b24-12-. The number of benzene rings is 3. The van der Waals surface area contributed by atoms with Crippen LogP contribution in [0.1, 0.15) is 27.0 Å². The number of rotatable bonds is 5. The van der Waals surface area contributed by atoms with Gasteiger partial charge < -0.3 is 9.82 Å². The second kappa shape index (κ2) is 7.17. The maximum atomic E-state index is 12.9. The van der Waals surface area contributed by atoms with Crippen LogP contribution in [-0.2, 0) is 9.63 Å². The van der Waals surface area contributed by atoms with Crippen molar-refractivity contribution in [1.29, 1.82) is 5.26 Å². The highest BCUT2D eigenvalue weighted by molar-refractivity contribution is 6.15. The summed E-state index contributed by atoms with van der Waals surface area (Å²) in [6.07, 6.45) is 1.44. The molecule has 6 nitrogen and oxygen atoms in total. The topological polar surface area (TPSA) is 95.3 Å². The summed E-state index contributed by atoms with van der Waals surface area (Å²) in [6, 6.07) is 19.8. The van der Waals surface area contributed by atoms with Crippen LogP contribution in [0.25, 0.3) is 21.8 Å². The van der Waals surface area contributed by atoms with E-state index in [1.807, 2.05) is 30.3 Å². The van der Waals surface area contributed by atoms with Gasteiger partial charge in [0.05, 0.1) is 17.8 Å². The minimum Gasteiger partial charge on any atom is -0.355 e. The lowest BCUT2D eigenvalue weighted by Crippen LogP contribution is -2.03. The van der Waals surface area contributed by atoms with Crippen molar-refractivity contribution in [2.45, 2.75) is 0 Å². The van der Waals surface area contributed by atoms with E-state index in [0.29, 0.717) is 16.7 Å². The van der Waals surface area contributed by atoms with Crippen LogP contribution >= 0.6 is 0 Å². The van der Waals surface area contributed by atoms with Crippen molar-refractivity contribution in [2.24, 2.45) is 5.16 Å². The van der Waals surface area contributed by atoms with Crippen molar-refractivity contribution in [3.8, 4) is 6.07 Å². The van der Waals surface area contributed by atoms with Crippen LogP contribution in [0.15, 0.2) is 65.8 Å².